The van der Waals surface area contributed by atoms with Crippen molar-refractivity contribution >= 4 is 36.3 Å². The summed E-state index contributed by atoms with van der Waals surface area (Å²) in [5.41, 5.74) is 1.26. The second-order valence-corrected chi connectivity index (χ2v) is 8.85. The number of fused-ring (bicyclic) bond motifs is 2. The van der Waals surface area contributed by atoms with E-state index in [1.165, 1.54) is 6.08 Å². The van der Waals surface area contributed by atoms with Gasteiger partial charge in [-0.05, 0) is 43.0 Å². The van der Waals surface area contributed by atoms with Crippen LogP contribution in [0.15, 0.2) is 36.1 Å². The molecule has 1 aliphatic heterocycles. The van der Waals surface area contributed by atoms with Gasteiger partial charge in [-0.15, -0.1) is 0 Å². The molecule has 2 rings (SSSR count). The minimum Gasteiger partial charge on any atom is -0.456 e. The van der Waals surface area contributed by atoms with E-state index in [1.807, 2.05) is 13.0 Å². The molecule has 0 unspecified atom stereocenters. The van der Waals surface area contributed by atoms with Gasteiger partial charge in [0, 0.05) is 5.75 Å². The van der Waals surface area contributed by atoms with Crippen molar-refractivity contribution < 1.29 is 23.9 Å². The summed E-state index contributed by atoms with van der Waals surface area (Å²) in [5, 5.41) is 7.97. The molecule has 35 heavy (non-hydrogen) atoms. The zero-order valence-electron chi connectivity index (χ0n) is 20.6. The lowest BCUT2D eigenvalue weighted by atomic mass is 10.0. The maximum Gasteiger partial charge on any atom is 0.329 e. The van der Waals surface area contributed by atoms with Crippen LogP contribution >= 0.6 is 12.6 Å². The van der Waals surface area contributed by atoms with E-state index in [0.717, 1.165) is 18.4 Å². The molecule has 190 valence electrons. The van der Waals surface area contributed by atoms with Gasteiger partial charge in [-0.3, -0.25) is 14.4 Å². The number of carbonyl (C=O) groups is 4. The zero-order valence-corrected chi connectivity index (χ0v) is 21.5. The Morgan fingerprint density at radius 3 is 2.57 bits per heavy atom. The molecule has 0 fully saturated rings. The van der Waals surface area contributed by atoms with E-state index in [4.69, 9.17) is 4.74 Å². The van der Waals surface area contributed by atoms with Crippen LogP contribution in [0.5, 0.6) is 0 Å². The third-order valence-corrected chi connectivity index (χ3v) is 5.63. The van der Waals surface area contributed by atoms with Gasteiger partial charge in [0.15, 0.2) is 0 Å². The van der Waals surface area contributed by atoms with Gasteiger partial charge in [0.1, 0.15) is 23.5 Å². The van der Waals surface area contributed by atoms with Gasteiger partial charge >= 0.3 is 5.97 Å². The number of carbonyl (C=O) groups excluding carboxylic acids is 4. The molecule has 2 bridgehead atoms. The first kappa shape index (κ1) is 28.1. The highest BCUT2D eigenvalue weighted by molar-refractivity contribution is 7.79. The van der Waals surface area contributed by atoms with Gasteiger partial charge in [0.2, 0.25) is 5.91 Å². The minimum atomic E-state index is -0.982. The fourth-order valence-corrected chi connectivity index (χ4v) is 3.52. The lowest BCUT2D eigenvalue weighted by Crippen LogP contribution is -2.48. The summed E-state index contributed by atoms with van der Waals surface area (Å²) >= 11 is 4.28. The number of nitrogens with zero attached hydrogens (tertiary/aromatic N) is 1. The number of cyclic esters (lactones) is 1. The molecule has 3 amide bonds. The van der Waals surface area contributed by atoms with E-state index < -0.39 is 29.9 Å². The molecule has 0 aromatic carbocycles. The first-order valence-electron chi connectivity index (χ1n) is 11.7. The quantitative estimate of drug-likeness (QED) is 0.212. The van der Waals surface area contributed by atoms with Crippen LogP contribution in [0.2, 0.25) is 0 Å². The Kier molecular flexibility index (Phi) is 11.0. The summed E-state index contributed by atoms with van der Waals surface area (Å²) in [5.74, 6) is -2.18. The molecule has 0 saturated carbocycles. The molecule has 9 nitrogen and oxygen atoms in total. The Labute approximate surface area is 211 Å². The van der Waals surface area contributed by atoms with Crippen molar-refractivity contribution in [1.82, 2.24) is 20.9 Å². The molecule has 1 aliphatic rings. The fraction of sp³-hybridized carbons (Fsp3) is 0.480. The van der Waals surface area contributed by atoms with Crippen molar-refractivity contribution in [3.05, 3.63) is 53.0 Å². The number of nitrogens with one attached hydrogen (secondary N) is 3. The SMILES string of the molecule is C/C=C1\NC(=O)c2cc(CS)cc(n2)CNC(=O)C[C@@H](/C=C/CCC)OC(=O)[C@H](C(C)C)NC1=O. The summed E-state index contributed by atoms with van der Waals surface area (Å²) in [6.45, 7) is 7.22. The predicted molar refractivity (Wildman–Crippen MR) is 135 cm³/mol. The lowest BCUT2D eigenvalue weighted by Gasteiger charge is -2.24. The number of pyridine rings is 1. The van der Waals surface area contributed by atoms with Crippen molar-refractivity contribution in [3.63, 3.8) is 0 Å². The average molecular weight is 503 g/mol. The Balaban J connectivity index is 2.46. The van der Waals surface area contributed by atoms with Gasteiger partial charge in [-0.25, -0.2) is 9.78 Å². The van der Waals surface area contributed by atoms with Crippen LogP contribution in [0.25, 0.3) is 0 Å². The molecule has 0 spiro atoms. The molecule has 2 heterocycles. The third kappa shape index (κ3) is 8.54. The maximum absolute atomic E-state index is 13.0. The van der Waals surface area contributed by atoms with Gasteiger partial charge < -0.3 is 20.7 Å². The normalized spacial score (nSPS) is 21.6. The van der Waals surface area contributed by atoms with Crippen LogP contribution in [0.4, 0.5) is 0 Å². The summed E-state index contributed by atoms with van der Waals surface area (Å²) in [6.07, 6.45) is 5.79. The zero-order chi connectivity index (χ0) is 26.0. The van der Waals surface area contributed by atoms with Crippen LogP contribution in [0.3, 0.4) is 0 Å². The van der Waals surface area contributed by atoms with Gasteiger partial charge in [-0.1, -0.05) is 39.3 Å². The standard InChI is InChI=1S/C25H34N4O5S/c1-5-7-8-9-18-12-21(30)26-13-17-10-16(14-35)11-20(27-17)24(32)28-19(6-2)23(31)29-22(15(3)4)25(33)34-18/h6,8-11,15,18,22,35H,5,7,12-14H2,1-4H3,(H,26,30)(H,28,32)(H,29,31)/b9-8+,19-6-/t18-,22+/m1/s1. The first-order valence-corrected chi connectivity index (χ1v) is 12.3. The number of unbranched alkanes of at least 4 members (excludes halogenated alkanes) is 1. The molecule has 2 atom stereocenters. The number of ether oxygens (including phenoxy) is 1. The maximum atomic E-state index is 13.0. The van der Waals surface area contributed by atoms with Crippen LogP contribution in [0, 0.1) is 5.92 Å². The van der Waals surface area contributed by atoms with Crippen LogP contribution in [0.1, 0.15) is 68.7 Å². The van der Waals surface area contributed by atoms with E-state index >= 15 is 0 Å². The summed E-state index contributed by atoms with van der Waals surface area (Å²) in [7, 11) is 0. The average Bonchev–Trinajstić information content (AvgIpc) is 2.83. The highest BCUT2D eigenvalue weighted by Crippen LogP contribution is 2.13. The van der Waals surface area contributed by atoms with Crippen LogP contribution in [-0.2, 0) is 31.4 Å². The summed E-state index contributed by atoms with van der Waals surface area (Å²) < 4.78 is 5.63. The van der Waals surface area contributed by atoms with Crippen LogP contribution < -0.4 is 16.0 Å². The third-order valence-electron chi connectivity index (χ3n) is 5.27. The number of hydrogen-bond donors (Lipinski definition) is 4. The second-order valence-electron chi connectivity index (χ2n) is 8.53. The smallest absolute Gasteiger partial charge is 0.329 e. The summed E-state index contributed by atoms with van der Waals surface area (Å²) in [6, 6.07) is 2.33. The topological polar surface area (TPSA) is 126 Å². The molecular formula is C25H34N4O5S. The Hall–Kier alpha value is -3.14. The van der Waals surface area contributed by atoms with E-state index in [1.54, 1.807) is 39.0 Å². The number of thiol groups is 1. The molecule has 3 N–H and O–H groups in total. The highest BCUT2D eigenvalue weighted by atomic mass is 32.1. The number of allylic oxidation sites excluding steroid dienone is 2. The molecule has 0 radical (unpaired) electrons. The largest absolute Gasteiger partial charge is 0.456 e. The summed E-state index contributed by atoms with van der Waals surface area (Å²) in [4.78, 5) is 55.8. The van der Waals surface area contributed by atoms with E-state index in [0.29, 0.717) is 11.4 Å². The number of amides is 3. The predicted octanol–water partition coefficient (Wildman–Crippen LogP) is 2.57. The van der Waals surface area contributed by atoms with Crippen molar-refractivity contribution in [2.24, 2.45) is 5.92 Å². The number of esters is 1. The van der Waals surface area contributed by atoms with Crippen molar-refractivity contribution in [3.8, 4) is 0 Å². The molecule has 1 aromatic heterocycles. The lowest BCUT2D eigenvalue weighted by molar-refractivity contribution is -0.153. The Morgan fingerprint density at radius 1 is 1.20 bits per heavy atom. The monoisotopic (exact) mass is 502 g/mol. The first-order chi connectivity index (χ1) is 16.7. The fourth-order valence-electron chi connectivity index (χ4n) is 3.34. The molecule has 0 aliphatic carbocycles. The van der Waals surface area contributed by atoms with Crippen LogP contribution in [-0.4, -0.2) is 40.8 Å². The van der Waals surface area contributed by atoms with Crippen molar-refractivity contribution in [2.75, 3.05) is 0 Å². The van der Waals surface area contributed by atoms with Crippen molar-refractivity contribution in [2.45, 2.75) is 71.4 Å². The van der Waals surface area contributed by atoms with E-state index in [-0.39, 0.29) is 36.2 Å². The Morgan fingerprint density at radius 2 is 1.94 bits per heavy atom. The van der Waals surface area contributed by atoms with Crippen molar-refractivity contribution in [1.29, 1.82) is 0 Å². The van der Waals surface area contributed by atoms with E-state index in [2.05, 4.69) is 33.6 Å². The number of hydrogen-bond acceptors (Lipinski definition) is 7. The Bertz CT molecular complexity index is 1010. The molecule has 10 heteroatoms. The van der Waals surface area contributed by atoms with E-state index in [9.17, 15) is 19.2 Å². The van der Waals surface area contributed by atoms with Gasteiger partial charge in [0.25, 0.3) is 11.8 Å². The minimum absolute atomic E-state index is 0.0205. The second kappa shape index (κ2) is 13.7. The number of aromatic nitrogens is 1. The van der Waals surface area contributed by atoms with Gasteiger partial charge in [-0.2, -0.15) is 12.6 Å². The molecule has 0 saturated heterocycles. The highest BCUT2D eigenvalue weighted by Gasteiger charge is 2.30. The molecular weight excluding hydrogens is 468 g/mol. The number of rotatable bonds is 5. The molecule has 1 aromatic rings. The van der Waals surface area contributed by atoms with Gasteiger partial charge in [0.05, 0.1) is 18.7 Å².